The van der Waals surface area contributed by atoms with Crippen LogP contribution in [-0.4, -0.2) is 62.7 Å². The van der Waals surface area contributed by atoms with E-state index in [0.717, 1.165) is 29.1 Å². The van der Waals surface area contributed by atoms with Gasteiger partial charge in [-0.1, -0.05) is 6.07 Å². The number of anilines is 1. The number of amides is 1. The third-order valence-corrected chi connectivity index (χ3v) is 6.86. The molecule has 0 unspecified atom stereocenters. The second-order valence-corrected chi connectivity index (χ2v) is 9.37. The Labute approximate surface area is 207 Å². The first-order chi connectivity index (χ1) is 17.1. The molecular formula is C25H31F3N6O2. The number of benzene rings is 1. The van der Waals surface area contributed by atoms with E-state index in [9.17, 15) is 23.1 Å². The fourth-order valence-electron chi connectivity index (χ4n) is 4.86. The molecule has 8 nitrogen and oxygen atoms in total. The number of halogens is 3. The van der Waals surface area contributed by atoms with E-state index < -0.39 is 23.8 Å². The Morgan fingerprint density at radius 2 is 2.06 bits per heavy atom. The van der Waals surface area contributed by atoms with E-state index in [4.69, 9.17) is 5.73 Å². The zero-order valence-corrected chi connectivity index (χ0v) is 20.4. The maximum Gasteiger partial charge on any atom is 0.416 e. The predicted molar refractivity (Wildman–Crippen MR) is 130 cm³/mol. The normalized spacial score (nSPS) is 19.1. The quantitative estimate of drug-likeness (QED) is 0.489. The van der Waals surface area contributed by atoms with E-state index in [0.29, 0.717) is 44.1 Å². The van der Waals surface area contributed by atoms with Crippen molar-refractivity contribution in [2.75, 3.05) is 31.1 Å². The molecule has 4 rings (SSSR count). The van der Waals surface area contributed by atoms with Crippen LogP contribution in [0.3, 0.4) is 0 Å². The lowest BCUT2D eigenvalue weighted by Crippen LogP contribution is -2.47. The lowest BCUT2D eigenvalue weighted by Gasteiger charge is -2.35. The highest BCUT2D eigenvalue weighted by molar-refractivity contribution is 5.87. The number of alkyl halides is 3. The highest BCUT2D eigenvalue weighted by Crippen LogP contribution is 2.32. The van der Waals surface area contributed by atoms with E-state index in [-0.39, 0.29) is 12.5 Å². The summed E-state index contributed by atoms with van der Waals surface area (Å²) in [5, 5.41) is 11.5. The summed E-state index contributed by atoms with van der Waals surface area (Å²) in [6.07, 6.45) is -0.834. The molecule has 1 fully saturated rings. The van der Waals surface area contributed by atoms with Crippen LogP contribution >= 0.6 is 0 Å². The van der Waals surface area contributed by atoms with Crippen molar-refractivity contribution in [1.29, 1.82) is 0 Å². The molecule has 0 spiro atoms. The van der Waals surface area contributed by atoms with Crippen molar-refractivity contribution < 1.29 is 23.1 Å². The number of carbonyl (C=O) groups is 1. The number of aliphatic hydroxyl groups excluding tert-OH is 1. The number of aliphatic hydroxyl groups is 1. The van der Waals surface area contributed by atoms with Crippen molar-refractivity contribution in [2.45, 2.75) is 45.6 Å². The molecule has 3 heterocycles. The third-order valence-electron chi connectivity index (χ3n) is 6.86. The molecule has 1 amide bonds. The van der Waals surface area contributed by atoms with Gasteiger partial charge < -0.3 is 20.3 Å². The fourth-order valence-corrected chi connectivity index (χ4v) is 4.86. The number of β-amino-alcohol motifs (C(OH)–C–C–N with tert-alkyl or cyclic N) is 1. The minimum Gasteiger partial charge on any atom is -0.391 e. The number of nitrogens with two attached hydrogens (primary N) is 1. The fraction of sp³-hybridized carbons (Fsp3) is 0.480. The maximum absolute atomic E-state index is 13.1. The molecule has 0 radical (unpaired) electrons. The second-order valence-electron chi connectivity index (χ2n) is 9.37. The van der Waals surface area contributed by atoms with E-state index in [1.54, 1.807) is 6.92 Å². The van der Waals surface area contributed by atoms with Gasteiger partial charge in [0.05, 0.1) is 23.6 Å². The van der Waals surface area contributed by atoms with Crippen LogP contribution in [0.25, 0.3) is 11.0 Å². The third kappa shape index (κ3) is 5.62. The highest BCUT2D eigenvalue weighted by Gasteiger charge is 2.31. The molecule has 36 heavy (non-hydrogen) atoms. The molecular weight excluding hydrogens is 473 g/mol. The van der Waals surface area contributed by atoms with Crippen LogP contribution in [0.2, 0.25) is 0 Å². The lowest BCUT2D eigenvalue weighted by molar-refractivity contribution is -0.137. The van der Waals surface area contributed by atoms with Gasteiger partial charge in [-0.15, -0.1) is 0 Å². The Hall–Kier alpha value is -3.18. The predicted octanol–water partition coefficient (Wildman–Crippen LogP) is 2.95. The molecule has 194 valence electrons. The maximum atomic E-state index is 13.1. The van der Waals surface area contributed by atoms with Crippen molar-refractivity contribution in [3.05, 3.63) is 53.5 Å². The number of aromatic nitrogens is 3. The number of hydrogen-bond acceptors (Lipinski definition) is 6. The number of aryl methyl sites for hydroxylation is 1. The summed E-state index contributed by atoms with van der Waals surface area (Å²) in [6.45, 7) is 6.45. The Morgan fingerprint density at radius 3 is 2.69 bits per heavy atom. The summed E-state index contributed by atoms with van der Waals surface area (Å²) in [5.41, 5.74) is 6.72. The van der Waals surface area contributed by atoms with Crippen LogP contribution in [0.1, 0.15) is 30.0 Å². The van der Waals surface area contributed by atoms with Crippen LogP contribution < -0.4 is 10.6 Å². The first-order valence-corrected chi connectivity index (χ1v) is 12.0. The molecule has 1 aromatic carbocycles. The van der Waals surface area contributed by atoms with Crippen molar-refractivity contribution in [2.24, 2.45) is 11.7 Å². The zero-order valence-electron chi connectivity index (χ0n) is 20.4. The Balaban J connectivity index is 1.53. The SMILES string of the molecule is CCN(Cc1ccc(C(F)(F)F)cc1C)c1ncnc2c1ccn2C[C@@H]1CCN(CC(N)=O)C[C@H]1O. The summed E-state index contributed by atoms with van der Waals surface area (Å²) in [4.78, 5) is 24.0. The number of likely N-dealkylation sites (tertiary alicyclic amines) is 1. The molecule has 3 aromatic rings. The number of fused-ring (bicyclic) bond motifs is 1. The van der Waals surface area contributed by atoms with Gasteiger partial charge in [-0.05, 0) is 56.1 Å². The first kappa shape index (κ1) is 25.9. The largest absolute Gasteiger partial charge is 0.416 e. The van der Waals surface area contributed by atoms with Gasteiger partial charge in [0.25, 0.3) is 0 Å². The van der Waals surface area contributed by atoms with Crippen molar-refractivity contribution in [3.63, 3.8) is 0 Å². The number of hydrogen-bond donors (Lipinski definition) is 2. The van der Waals surface area contributed by atoms with Crippen LogP contribution in [0.5, 0.6) is 0 Å². The Morgan fingerprint density at radius 1 is 1.28 bits per heavy atom. The lowest BCUT2D eigenvalue weighted by atomic mass is 9.93. The summed E-state index contributed by atoms with van der Waals surface area (Å²) >= 11 is 0. The number of nitrogens with zero attached hydrogens (tertiary/aromatic N) is 5. The number of primary amides is 1. The zero-order chi connectivity index (χ0) is 26.0. The van der Waals surface area contributed by atoms with Gasteiger partial charge in [-0.25, -0.2) is 9.97 Å². The molecule has 0 bridgehead atoms. The van der Waals surface area contributed by atoms with E-state index in [2.05, 4.69) is 9.97 Å². The van der Waals surface area contributed by atoms with E-state index in [1.807, 2.05) is 33.6 Å². The molecule has 1 aliphatic heterocycles. The molecule has 1 aliphatic rings. The minimum absolute atomic E-state index is 0.000201. The van der Waals surface area contributed by atoms with Gasteiger partial charge >= 0.3 is 6.18 Å². The number of rotatable bonds is 8. The summed E-state index contributed by atoms with van der Waals surface area (Å²) in [5.74, 6) is 0.297. The van der Waals surface area contributed by atoms with Gasteiger partial charge in [-0.3, -0.25) is 9.69 Å². The summed E-state index contributed by atoms with van der Waals surface area (Å²) in [7, 11) is 0. The smallest absolute Gasteiger partial charge is 0.391 e. The van der Waals surface area contributed by atoms with Crippen LogP contribution in [0, 0.1) is 12.8 Å². The van der Waals surface area contributed by atoms with E-state index in [1.165, 1.54) is 18.5 Å². The topological polar surface area (TPSA) is 101 Å². The van der Waals surface area contributed by atoms with Crippen LogP contribution in [-0.2, 0) is 24.1 Å². The average molecular weight is 505 g/mol. The van der Waals surface area contributed by atoms with Crippen molar-refractivity contribution in [1.82, 2.24) is 19.4 Å². The standard InChI is InChI=1S/C25H31F3N6O2/c1-3-33(11-17-4-5-19(10-16(17)2)25(26,27)28)23-20-7-9-34(24(20)31-15-30-23)12-18-6-8-32(13-21(18)35)14-22(29)36/h4-5,7,9-10,15,18,21,35H,3,6,8,11-14H2,1-2H3,(H2,29,36)/t18-,21+/m0/s1. The van der Waals surface area contributed by atoms with Crippen molar-refractivity contribution in [3.8, 4) is 0 Å². The minimum atomic E-state index is -4.37. The second kappa shape index (κ2) is 10.4. The average Bonchev–Trinajstić information content (AvgIpc) is 3.22. The monoisotopic (exact) mass is 504 g/mol. The molecule has 11 heteroatoms. The van der Waals surface area contributed by atoms with Gasteiger partial charge in [0.1, 0.15) is 17.8 Å². The summed E-state index contributed by atoms with van der Waals surface area (Å²) in [6, 6.07) is 5.75. The molecule has 0 aliphatic carbocycles. The highest BCUT2D eigenvalue weighted by atomic mass is 19.4. The van der Waals surface area contributed by atoms with Crippen LogP contribution in [0.4, 0.5) is 19.0 Å². The summed E-state index contributed by atoms with van der Waals surface area (Å²) < 4.78 is 41.2. The molecule has 2 aromatic heterocycles. The first-order valence-electron chi connectivity index (χ1n) is 12.0. The van der Waals surface area contributed by atoms with Gasteiger partial charge in [0.15, 0.2) is 0 Å². The molecule has 2 atom stereocenters. The van der Waals surface area contributed by atoms with Gasteiger partial charge in [0.2, 0.25) is 5.91 Å². The molecule has 3 N–H and O–H groups in total. The van der Waals surface area contributed by atoms with Gasteiger partial charge in [-0.2, -0.15) is 13.2 Å². The van der Waals surface area contributed by atoms with E-state index >= 15 is 0 Å². The molecule has 0 saturated carbocycles. The molecule has 1 saturated heterocycles. The van der Waals surface area contributed by atoms with Gasteiger partial charge in [0, 0.05) is 38.3 Å². The van der Waals surface area contributed by atoms with Crippen molar-refractivity contribution >= 4 is 22.8 Å². The number of piperidine rings is 1. The van der Waals surface area contributed by atoms with Crippen LogP contribution in [0.15, 0.2) is 36.8 Å². The Bertz CT molecular complexity index is 1230. The Kier molecular flexibility index (Phi) is 7.51. The number of carbonyl (C=O) groups excluding carboxylic acids is 1.